The number of guanidine groups is 1. The summed E-state index contributed by atoms with van der Waals surface area (Å²) in [6, 6.07) is 6.46. The first-order valence-corrected chi connectivity index (χ1v) is 11.4. The molecule has 8 heteroatoms. The van der Waals surface area contributed by atoms with Crippen molar-refractivity contribution < 1.29 is 9.47 Å². The van der Waals surface area contributed by atoms with Crippen molar-refractivity contribution >= 4 is 5.96 Å². The van der Waals surface area contributed by atoms with Gasteiger partial charge in [0.15, 0.2) is 17.5 Å². The fourth-order valence-corrected chi connectivity index (χ4v) is 3.07. The van der Waals surface area contributed by atoms with E-state index in [0.29, 0.717) is 25.8 Å². The monoisotopic (exact) mass is 430 g/mol. The van der Waals surface area contributed by atoms with Gasteiger partial charge in [-0.3, -0.25) is 4.99 Å². The highest BCUT2D eigenvalue weighted by Crippen LogP contribution is 2.28. The number of ether oxygens (including phenoxy) is 2. The number of rotatable bonds is 13. The number of aliphatic imine (C=N–C) groups is 1. The molecule has 0 bridgehead atoms. The smallest absolute Gasteiger partial charge is 0.191 e. The van der Waals surface area contributed by atoms with Gasteiger partial charge in [-0.05, 0) is 51.3 Å². The van der Waals surface area contributed by atoms with Crippen LogP contribution in [0.25, 0.3) is 0 Å². The molecule has 0 radical (unpaired) electrons. The minimum atomic E-state index is 0.349. The first kappa shape index (κ1) is 24.5. The second-order valence-corrected chi connectivity index (χ2v) is 7.30. The number of nitrogens with zero attached hydrogens (tertiary/aromatic N) is 4. The lowest BCUT2D eigenvalue weighted by Gasteiger charge is -2.17. The van der Waals surface area contributed by atoms with Crippen molar-refractivity contribution in [3.63, 3.8) is 0 Å². The van der Waals surface area contributed by atoms with Crippen LogP contribution < -0.4 is 20.1 Å². The zero-order valence-corrected chi connectivity index (χ0v) is 19.6. The van der Waals surface area contributed by atoms with E-state index in [2.05, 4.69) is 58.3 Å². The lowest BCUT2D eigenvalue weighted by Crippen LogP contribution is -2.43. The quantitative estimate of drug-likeness (QED) is 0.375. The molecule has 0 fully saturated rings. The molecule has 172 valence electrons. The Morgan fingerprint density at radius 2 is 1.90 bits per heavy atom. The van der Waals surface area contributed by atoms with Crippen LogP contribution >= 0.6 is 0 Å². The van der Waals surface area contributed by atoms with Crippen molar-refractivity contribution in [1.29, 1.82) is 0 Å². The molecule has 0 spiro atoms. The van der Waals surface area contributed by atoms with Crippen LogP contribution in [0.15, 0.2) is 29.5 Å². The van der Waals surface area contributed by atoms with Gasteiger partial charge in [0.2, 0.25) is 0 Å². The Kier molecular flexibility index (Phi) is 10.7. The van der Waals surface area contributed by atoms with Crippen LogP contribution in [0.5, 0.6) is 11.5 Å². The van der Waals surface area contributed by atoms with Crippen molar-refractivity contribution in [2.75, 3.05) is 26.3 Å². The molecule has 1 heterocycles. The van der Waals surface area contributed by atoms with E-state index in [0.717, 1.165) is 55.6 Å². The van der Waals surface area contributed by atoms with E-state index < -0.39 is 0 Å². The molecule has 0 aliphatic heterocycles. The van der Waals surface area contributed by atoms with Crippen molar-refractivity contribution in [2.45, 2.75) is 66.5 Å². The van der Waals surface area contributed by atoms with E-state index >= 15 is 0 Å². The van der Waals surface area contributed by atoms with Crippen LogP contribution in [-0.4, -0.2) is 53.1 Å². The molecule has 1 atom stereocenters. The number of nitrogens with one attached hydrogen (secondary N) is 2. The Bertz CT molecular complexity index is 805. The fourth-order valence-electron chi connectivity index (χ4n) is 3.07. The topological polar surface area (TPSA) is 85.6 Å². The molecule has 2 rings (SSSR count). The zero-order valence-electron chi connectivity index (χ0n) is 19.6. The first-order chi connectivity index (χ1) is 15.1. The van der Waals surface area contributed by atoms with Crippen molar-refractivity contribution in [3.05, 3.63) is 35.9 Å². The number of aryl methyl sites for hydroxylation is 1. The molecule has 0 aliphatic carbocycles. The second-order valence-electron chi connectivity index (χ2n) is 7.30. The summed E-state index contributed by atoms with van der Waals surface area (Å²) in [5.41, 5.74) is 1.18. The summed E-state index contributed by atoms with van der Waals surface area (Å²) >= 11 is 0. The van der Waals surface area contributed by atoms with E-state index in [1.807, 2.05) is 19.9 Å². The van der Waals surface area contributed by atoms with Crippen molar-refractivity contribution in [1.82, 2.24) is 25.4 Å². The van der Waals surface area contributed by atoms with Crippen LogP contribution in [-0.2, 0) is 19.4 Å². The van der Waals surface area contributed by atoms with Crippen LogP contribution in [0.3, 0.4) is 0 Å². The van der Waals surface area contributed by atoms with E-state index in [1.165, 1.54) is 5.56 Å². The van der Waals surface area contributed by atoms with Gasteiger partial charge >= 0.3 is 0 Å². The average Bonchev–Trinajstić information content (AvgIpc) is 3.23. The highest BCUT2D eigenvalue weighted by atomic mass is 16.5. The van der Waals surface area contributed by atoms with Gasteiger partial charge in [0, 0.05) is 32.1 Å². The maximum absolute atomic E-state index is 5.73. The molecule has 31 heavy (non-hydrogen) atoms. The minimum Gasteiger partial charge on any atom is -0.490 e. The van der Waals surface area contributed by atoms with Crippen LogP contribution in [0.4, 0.5) is 0 Å². The summed E-state index contributed by atoms with van der Waals surface area (Å²) in [6.45, 7) is 13.8. The Labute approximate surface area is 186 Å². The predicted octanol–water partition coefficient (Wildman–Crippen LogP) is 3.21. The average molecular weight is 431 g/mol. The van der Waals surface area contributed by atoms with Crippen molar-refractivity contribution in [2.24, 2.45) is 4.99 Å². The van der Waals surface area contributed by atoms with Gasteiger partial charge in [0.1, 0.15) is 12.2 Å². The van der Waals surface area contributed by atoms with Crippen molar-refractivity contribution in [3.8, 4) is 11.5 Å². The van der Waals surface area contributed by atoms with Crippen LogP contribution in [0.1, 0.15) is 52.4 Å². The summed E-state index contributed by atoms with van der Waals surface area (Å²) in [4.78, 5) is 4.78. The summed E-state index contributed by atoms with van der Waals surface area (Å²) in [5, 5.41) is 15.0. The van der Waals surface area contributed by atoms with E-state index in [-0.39, 0.29) is 0 Å². The summed E-state index contributed by atoms with van der Waals surface area (Å²) in [7, 11) is 0. The van der Waals surface area contributed by atoms with Gasteiger partial charge in [-0.15, -0.1) is 10.2 Å². The van der Waals surface area contributed by atoms with Gasteiger partial charge in [0.25, 0.3) is 0 Å². The predicted molar refractivity (Wildman–Crippen MR) is 125 cm³/mol. The molecular weight excluding hydrogens is 392 g/mol. The maximum Gasteiger partial charge on any atom is 0.191 e. The van der Waals surface area contributed by atoms with Crippen LogP contribution in [0.2, 0.25) is 0 Å². The molecule has 2 aromatic rings. The molecule has 0 saturated heterocycles. The van der Waals surface area contributed by atoms with Gasteiger partial charge in [-0.1, -0.05) is 19.9 Å². The van der Waals surface area contributed by atoms with E-state index in [9.17, 15) is 0 Å². The van der Waals surface area contributed by atoms with Crippen LogP contribution in [0, 0.1) is 0 Å². The summed E-state index contributed by atoms with van der Waals surface area (Å²) in [5.74, 6) is 3.41. The number of benzene rings is 1. The zero-order chi connectivity index (χ0) is 22.5. The van der Waals surface area contributed by atoms with E-state index in [1.54, 1.807) is 6.33 Å². The highest BCUT2D eigenvalue weighted by Gasteiger charge is 2.08. The molecule has 0 saturated carbocycles. The van der Waals surface area contributed by atoms with Gasteiger partial charge in [0.05, 0.1) is 13.2 Å². The Balaban J connectivity index is 1.97. The van der Waals surface area contributed by atoms with E-state index in [4.69, 9.17) is 14.5 Å². The van der Waals surface area contributed by atoms with Gasteiger partial charge < -0.3 is 24.7 Å². The molecule has 2 N–H and O–H groups in total. The number of hydrogen-bond donors (Lipinski definition) is 2. The maximum atomic E-state index is 5.73. The largest absolute Gasteiger partial charge is 0.490 e. The lowest BCUT2D eigenvalue weighted by atomic mass is 10.1. The Morgan fingerprint density at radius 1 is 1.13 bits per heavy atom. The fraction of sp³-hybridized carbons (Fsp3) is 0.609. The summed E-state index contributed by atoms with van der Waals surface area (Å²) in [6.07, 6.45) is 4.51. The second kappa shape index (κ2) is 13.5. The van der Waals surface area contributed by atoms with Gasteiger partial charge in [-0.2, -0.15) is 0 Å². The standard InChI is InChI=1S/C23H38N6O2/c1-6-18(5)27-23(25-14-15-29-17-26-28-22(29)7-2)24-13-12-19-10-11-20(30-8-3)21(16-19)31-9-4/h10-11,16-18H,6-9,12-15H2,1-5H3,(H2,24,25,27). The van der Waals surface area contributed by atoms with Gasteiger partial charge in [-0.25, -0.2) is 0 Å². The third kappa shape index (κ3) is 8.11. The minimum absolute atomic E-state index is 0.349. The SMILES string of the molecule is CCOc1ccc(CCN=C(NCCn2cnnc2CC)NC(C)CC)cc1OCC. The third-order valence-electron chi connectivity index (χ3n) is 4.93. The molecule has 8 nitrogen and oxygen atoms in total. The Morgan fingerprint density at radius 3 is 2.61 bits per heavy atom. The number of aromatic nitrogens is 3. The molecular formula is C23H38N6O2. The third-order valence-corrected chi connectivity index (χ3v) is 4.93. The number of hydrogen-bond acceptors (Lipinski definition) is 5. The normalized spacial score (nSPS) is 12.5. The molecule has 0 aliphatic rings. The molecule has 0 amide bonds. The highest BCUT2D eigenvalue weighted by molar-refractivity contribution is 5.80. The lowest BCUT2D eigenvalue weighted by molar-refractivity contribution is 0.287. The summed E-state index contributed by atoms with van der Waals surface area (Å²) < 4.78 is 13.5. The molecule has 1 aromatic heterocycles. The Hall–Kier alpha value is -2.77. The first-order valence-electron chi connectivity index (χ1n) is 11.4. The molecule has 1 unspecified atom stereocenters. The molecule has 1 aromatic carbocycles.